The molecule has 2 aliphatic rings. The first-order chi connectivity index (χ1) is 17.4. The minimum absolute atomic E-state index is 0.0287. The molecule has 2 aromatic rings. The third-order valence-electron chi connectivity index (χ3n) is 7.37. The SMILES string of the molecule is [C-]#[N+]c1ccc(N2CCC(NC(=O)COC3CCC(Nc4ccc(C#N)c(C)c4)CC3)CC2)cc1C. The molecule has 2 fully saturated rings. The van der Waals surface area contributed by atoms with Crippen LogP contribution in [0.3, 0.4) is 0 Å². The molecule has 0 atom stereocenters. The molecule has 4 rings (SSSR count). The largest absolute Gasteiger partial charge is 0.382 e. The highest BCUT2D eigenvalue weighted by molar-refractivity contribution is 5.77. The van der Waals surface area contributed by atoms with Gasteiger partial charge in [0.15, 0.2) is 5.69 Å². The molecule has 1 aliphatic carbocycles. The smallest absolute Gasteiger partial charge is 0.246 e. The summed E-state index contributed by atoms with van der Waals surface area (Å²) in [6.07, 6.45) is 5.80. The molecule has 1 saturated heterocycles. The van der Waals surface area contributed by atoms with Gasteiger partial charge in [-0.3, -0.25) is 4.79 Å². The lowest BCUT2D eigenvalue weighted by Gasteiger charge is -2.34. The van der Waals surface area contributed by atoms with Gasteiger partial charge in [-0.2, -0.15) is 5.26 Å². The Morgan fingerprint density at radius 2 is 1.81 bits per heavy atom. The molecule has 188 valence electrons. The molecule has 1 aliphatic heterocycles. The van der Waals surface area contributed by atoms with Crippen molar-refractivity contribution in [3.63, 3.8) is 0 Å². The Morgan fingerprint density at radius 1 is 1.06 bits per heavy atom. The van der Waals surface area contributed by atoms with Crippen LogP contribution < -0.4 is 15.5 Å². The first-order valence-electron chi connectivity index (χ1n) is 12.9. The van der Waals surface area contributed by atoms with Crippen molar-refractivity contribution in [1.82, 2.24) is 5.32 Å². The number of anilines is 2. The topological polar surface area (TPSA) is 81.8 Å². The van der Waals surface area contributed by atoms with E-state index in [9.17, 15) is 4.79 Å². The zero-order chi connectivity index (χ0) is 25.5. The molecule has 0 aromatic heterocycles. The van der Waals surface area contributed by atoms with E-state index in [1.54, 1.807) is 0 Å². The monoisotopic (exact) mass is 485 g/mol. The lowest BCUT2D eigenvalue weighted by atomic mass is 9.92. The van der Waals surface area contributed by atoms with Gasteiger partial charge in [0.25, 0.3) is 0 Å². The Bertz CT molecular complexity index is 1150. The van der Waals surface area contributed by atoms with Crippen LogP contribution in [0.1, 0.15) is 55.2 Å². The summed E-state index contributed by atoms with van der Waals surface area (Å²) in [6.45, 7) is 13.0. The number of ether oxygens (including phenoxy) is 1. The van der Waals surface area contributed by atoms with E-state index in [2.05, 4.69) is 32.5 Å². The van der Waals surface area contributed by atoms with Crippen LogP contribution in [0.5, 0.6) is 0 Å². The minimum atomic E-state index is -0.0287. The Hall–Kier alpha value is -3.55. The second-order valence-corrected chi connectivity index (χ2v) is 9.98. The number of hydrogen-bond acceptors (Lipinski definition) is 5. The van der Waals surface area contributed by atoms with Gasteiger partial charge in [-0.1, -0.05) is 6.07 Å². The van der Waals surface area contributed by atoms with Crippen LogP contribution in [0.15, 0.2) is 36.4 Å². The fourth-order valence-corrected chi connectivity index (χ4v) is 5.20. The summed E-state index contributed by atoms with van der Waals surface area (Å²) in [4.78, 5) is 18.4. The number of nitrogens with one attached hydrogen (secondary N) is 2. The van der Waals surface area contributed by atoms with E-state index in [4.69, 9.17) is 16.6 Å². The van der Waals surface area contributed by atoms with E-state index in [1.807, 2.05) is 44.2 Å². The summed E-state index contributed by atoms with van der Waals surface area (Å²) in [6, 6.07) is 14.6. The number of nitrogens with zero attached hydrogens (tertiary/aromatic N) is 3. The number of benzene rings is 2. The van der Waals surface area contributed by atoms with Crippen molar-refractivity contribution in [1.29, 1.82) is 5.26 Å². The molecule has 36 heavy (non-hydrogen) atoms. The quantitative estimate of drug-likeness (QED) is 0.524. The lowest BCUT2D eigenvalue weighted by molar-refractivity contribution is -0.129. The Labute approximate surface area is 214 Å². The summed E-state index contributed by atoms with van der Waals surface area (Å²) in [7, 11) is 0. The zero-order valence-corrected chi connectivity index (χ0v) is 21.2. The number of carbonyl (C=O) groups is 1. The summed E-state index contributed by atoms with van der Waals surface area (Å²) in [5, 5.41) is 15.8. The number of rotatable bonds is 7. The Kier molecular flexibility index (Phi) is 8.46. The maximum Gasteiger partial charge on any atom is 0.246 e. The highest BCUT2D eigenvalue weighted by Crippen LogP contribution is 2.27. The summed E-state index contributed by atoms with van der Waals surface area (Å²) in [5.74, 6) is -0.0287. The number of hydrogen-bond donors (Lipinski definition) is 2. The van der Waals surface area contributed by atoms with Crippen molar-refractivity contribution in [2.45, 2.75) is 70.6 Å². The van der Waals surface area contributed by atoms with Crippen LogP contribution in [-0.4, -0.2) is 43.8 Å². The second kappa shape index (κ2) is 11.9. The number of piperidine rings is 1. The first-order valence-corrected chi connectivity index (χ1v) is 12.9. The molecule has 1 saturated carbocycles. The number of aryl methyl sites for hydroxylation is 2. The van der Waals surface area contributed by atoms with Crippen molar-refractivity contribution in [2.24, 2.45) is 0 Å². The molecule has 0 unspecified atom stereocenters. The van der Waals surface area contributed by atoms with Crippen molar-refractivity contribution < 1.29 is 9.53 Å². The molecule has 1 heterocycles. The third kappa shape index (κ3) is 6.56. The molecule has 1 amide bonds. The van der Waals surface area contributed by atoms with E-state index in [1.165, 1.54) is 0 Å². The van der Waals surface area contributed by atoms with Gasteiger partial charge in [0.2, 0.25) is 5.91 Å². The predicted molar refractivity (Wildman–Crippen MR) is 142 cm³/mol. The molecule has 2 N–H and O–H groups in total. The standard InChI is InChI=1S/C29H35N5O2/c1-20-16-25(5-4-22(20)18-30)32-23-6-9-27(10-7-23)36-19-29(35)33-24-12-14-34(15-13-24)26-8-11-28(31-3)21(2)17-26/h4-5,8,11,16-17,23-24,27,32H,6-7,9-10,12-15,19H2,1-2H3,(H,33,35). The Balaban J connectivity index is 1.13. The van der Waals surface area contributed by atoms with Crippen LogP contribution in [-0.2, 0) is 9.53 Å². The summed E-state index contributed by atoms with van der Waals surface area (Å²) in [5.41, 5.74) is 5.60. The van der Waals surface area contributed by atoms with Gasteiger partial charge in [-0.25, -0.2) is 4.85 Å². The molecule has 7 heteroatoms. The van der Waals surface area contributed by atoms with Crippen molar-refractivity contribution >= 4 is 23.0 Å². The number of nitriles is 1. The maximum atomic E-state index is 12.5. The highest BCUT2D eigenvalue weighted by Gasteiger charge is 2.24. The second-order valence-electron chi connectivity index (χ2n) is 9.98. The summed E-state index contributed by atoms with van der Waals surface area (Å²) >= 11 is 0. The maximum absolute atomic E-state index is 12.5. The highest BCUT2D eigenvalue weighted by atomic mass is 16.5. The van der Waals surface area contributed by atoms with Crippen molar-refractivity contribution in [3.05, 3.63) is 64.5 Å². The fraction of sp³-hybridized carbons (Fsp3) is 0.483. The molecule has 0 radical (unpaired) electrons. The van der Waals surface area contributed by atoms with E-state index < -0.39 is 0 Å². The van der Waals surface area contributed by atoms with Gasteiger partial charge >= 0.3 is 0 Å². The molecular formula is C29H35N5O2. The average Bonchev–Trinajstić information content (AvgIpc) is 2.89. The summed E-state index contributed by atoms with van der Waals surface area (Å²) < 4.78 is 5.95. The van der Waals surface area contributed by atoms with Gasteiger partial charge in [0.1, 0.15) is 6.61 Å². The molecule has 7 nitrogen and oxygen atoms in total. The minimum Gasteiger partial charge on any atom is -0.382 e. The molecule has 0 bridgehead atoms. The van der Waals surface area contributed by atoms with E-state index >= 15 is 0 Å². The molecule has 0 spiro atoms. The van der Waals surface area contributed by atoms with Crippen molar-refractivity contribution in [3.8, 4) is 6.07 Å². The zero-order valence-electron chi connectivity index (χ0n) is 21.2. The molecular weight excluding hydrogens is 450 g/mol. The first kappa shape index (κ1) is 25.5. The van der Waals surface area contributed by atoms with Crippen LogP contribution in [0.4, 0.5) is 17.1 Å². The fourth-order valence-electron chi connectivity index (χ4n) is 5.20. The number of carbonyl (C=O) groups excluding carboxylic acids is 1. The van der Waals surface area contributed by atoms with Crippen LogP contribution in [0.25, 0.3) is 4.85 Å². The van der Waals surface area contributed by atoms with Gasteiger partial charge in [0.05, 0.1) is 24.3 Å². The van der Waals surface area contributed by atoms with Gasteiger partial charge in [-0.05, 0) is 93.8 Å². The van der Waals surface area contributed by atoms with E-state index in [0.717, 1.165) is 74.1 Å². The van der Waals surface area contributed by atoms with Gasteiger partial charge < -0.3 is 20.3 Å². The van der Waals surface area contributed by atoms with Crippen LogP contribution in [0, 0.1) is 31.8 Å². The Morgan fingerprint density at radius 3 is 2.44 bits per heavy atom. The van der Waals surface area contributed by atoms with Gasteiger partial charge in [-0.15, -0.1) is 0 Å². The van der Waals surface area contributed by atoms with Crippen LogP contribution >= 0.6 is 0 Å². The predicted octanol–water partition coefficient (Wildman–Crippen LogP) is 5.25. The van der Waals surface area contributed by atoms with Crippen molar-refractivity contribution in [2.75, 3.05) is 29.9 Å². The van der Waals surface area contributed by atoms with E-state index in [0.29, 0.717) is 17.3 Å². The van der Waals surface area contributed by atoms with Gasteiger partial charge in [0, 0.05) is 36.5 Å². The third-order valence-corrected chi connectivity index (χ3v) is 7.37. The normalized spacial score (nSPS) is 20.3. The number of amides is 1. The van der Waals surface area contributed by atoms with Crippen LogP contribution in [0.2, 0.25) is 0 Å². The average molecular weight is 486 g/mol. The lowest BCUT2D eigenvalue weighted by Crippen LogP contribution is -2.46. The van der Waals surface area contributed by atoms with E-state index in [-0.39, 0.29) is 24.7 Å². The molecule has 2 aromatic carbocycles.